The molecule has 0 saturated heterocycles. The Balaban J connectivity index is 1.63. The number of nitrogens with zero attached hydrogens (tertiary/aromatic N) is 3. The minimum atomic E-state index is -0.152. The van der Waals surface area contributed by atoms with Crippen molar-refractivity contribution in [2.24, 2.45) is 7.05 Å². The van der Waals surface area contributed by atoms with Crippen molar-refractivity contribution in [3.63, 3.8) is 0 Å². The standard InChI is InChI=1S/C20H23ClN4O2S2/c1-11(2)13-8-15(21)12(3)14(18(13)27)9-22-17(26)10-29-20-24-23-19(25(20)4)16-6-5-7-28-16/h5-8,11,27H,9-10H2,1-4H3,(H,22,26). The van der Waals surface area contributed by atoms with Gasteiger partial charge < -0.3 is 15.0 Å². The zero-order valence-electron chi connectivity index (χ0n) is 16.7. The molecule has 0 fully saturated rings. The monoisotopic (exact) mass is 450 g/mol. The Bertz CT molecular complexity index is 1020. The van der Waals surface area contributed by atoms with Crippen LogP contribution in [0.4, 0.5) is 0 Å². The molecular formula is C20H23ClN4O2S2. The molecule has 3 aromatic rings. The second-order valence-corrected chi connectivity index (χ2v) is 9.26. The number of carbonyl (C=O) groups is 1. The van der Waals surface area contributed by atoms with E-state index in [1.165, 1.54) is 11.8 Å². The Morgan fingerprint density at radius 1 is 1.41 bits per heavy atom. The van der Waals surface area contributed by atoms with Gasteiger partial charge in [-0.1, -0.05) is 43.3 Å². The summed E-state index contributed by atoms with van der Waals surface area (Å²) < 4.78 is 1.88. The third-order valence-corrected chi connectivity index (χ3v) is 6.92. The number of aromatic nitrogens is 3. The Hall–Kier alpha value is -2.03. The number of thiophene rings is 1. The lowest BCUT2D eigenvalue weighted by atomic mass is 9.96. The van der Waals surface area contributed by atoms with Crippen molar-refractivity contribution in [3.8, 4) is 16.5 Å². The first-order chi connectivity index (χ1) is 13.8. The molecule has 0 saturated carbocycles. The van der Waals surface area contributed by atoms with Crippen LogP contribution in [0.5, 0.6) is 5.75 Å². The van der Waals surface area contributed by atoms with Crippen LogP contribution < -0.4 is 5.32 Å². The highest BCUT2D eigenvalue weighted by Gasteiger charge is 2.18. The quantitative estimate of drug-likeness (QED) is 0.508. The summed E-state index contributed by atoms with van der Waals surface area (Å²) in [7, 11) is 1.89. The molecule has 154 valence electrons. The Labute approximate surface area is 183 Å². The number of benzene rings is 1. The second kappa shape index (κ2) is 9.19. The van der Waals surface area contributed by atoms with E-state index < -0.39 is 0 Å². The molecule has 0 spiro atoms. The maximum absolute atomic E-state index is 12.4. The SMILES string of the molecule is Cc1c(Cl)cc(C(C)C)c(O)c1CNC(=O)CSc1nnc(-c2cccs2)n1C. The van der Waals surface area contributed by atoms with E-state index in [4.69, 9.17) is 11.6 Å². The molecule has 0 radical (unpaired) electrons. The van der Waals surface area contributed by atoms with Crippen molar-refractivity contribution in [2.75, 3.05) is 5.75 Å². The summed E-state index contributed by atoms with van der Waals surface area (Å²) in [6, 6.07) is 5.74. The lowest BCUT2D eigenvalue weighted by molar-refractivity contribution is -0.118. The highest BCUT2D eigenvalue weighted by atomic mass is 35.5. The maximum atomic E-state index is 12.4. The summed E-state index contributed by atoms with van der Waals surface area (Å²) in [4.78, 5) is 13.4. The van der Waals surface area contributed by atoms with E-state index in [9.17, 15) is 9.90 Å². The van der Waals surface area contributed by atoms with Crippen molar-refractivity contribution in [2.45, 2.75) is 38.4 Å². The fourth-order valence-corrected chi connectivity index (χ4v) is 4.61. The van der Waals surface area contributed by atoms with Crippen LogP contribution in [-0.2, 0) is 18.4 Å². The topological polar surface area (TPSA) is 80.0 Å². The second-order valence-electron chi connectivity index (χ2n) is 6.96. The molecule has 3 rings (SSSR count). The summed E-state index contributed by atoms with van der Waals surface area (Å²) >= 11 is 9.22. The van der Waals surface area contributed by atoms with Crippen LogP contribution in [0.15, 0.2) is 28.7 Å². The van der Waals surface area contributed by atoms with Crippen LogP contribution in [0.1, 0.15) is 36.5 Å². The summed E-state index contributed by atoms with van der Waals surface area (Å²) in [6.45, 7) is 6.04. The first kappa shape index (κ1) is 21.7. The first-order valence-electron chi connectivity index (χ1n) is 9.13. The van der Waals surface area contributed by atoms with Gasteiger partial charge in [-0.2, -0.15) is 0 Å². The van der Waals surface area contributed by atoms with Gasteiger partial charge in [-0.3, -0.25) is 4.79 Å². The number of rotatable bonds is 7. The highest BCUT2D eigenvalue weighted by molar-refractivity contribution is 7.99. The molecule has 29 heavy (non-hydrogen) atoms. The largest absolute Gasteiger partial charge is 0.507 e. The van der Waals surface area contributed by atoms with Crippen molar-refractivity contribution in [1.29, 1.82) is 0 Å². The van der Waals surface area contributed by atoms with Crippen LogP contribution in [0, 0.1) is 6.92 Å². The van der Waals surface area contributed by atoms with Crippen molar-refractivity contribution >= 4 is 40.6 Å². The molecule has 1 amide bonds. The van der Waals surface area contributed by atoms with Gasteiger partial charge >= 0.3 is 0 Å². The van der Waals surface area contributed by atoms with Gasteiger partial charge in [0.1, 0.15) is 5.75 Å². The number of thioether (sulfide) groups is 1. The molecule has 0 aliphatic carbocycles. The fraction of sp³-hybridized carbons (Fsp3) is 0.350. The summed E-state index contributed by atoms with van der Waals surface area (Å²) in [5.74, 6) is 1.16. The van der Waals surface area contributed by atoms with E-state index in [-0.39, 0.29) is 29.9 Å². The molecule has 0 unspecified atom stereocenters. The van der Waals surface area contributed by atoms with Gasteiger partial charge in [-0.15, -0.1) is 21.5 Å². The van der Waals surface area contributed by atoms with E-state index in [1.54, 1.807) is 17.4 Å². The Morgan fingerprint density at radius 2 is 2.17 bits per heavy atom. The average molecular weight is 451 g/mol. The van der Waals surface area contributed by atoms with Crippen LogP contribution in [0.2, 0.25) is 5.02 Å². The van der Waals surface area contributed by atoms with Gasteiger partial charge in [0.25, 0.3) is 0 Å². The van der Waals surface area contributed by atoms with Gasteiger partial charge in [-0.25, -0.2) is 0 Å². The van der Waals surface area contributed by atoms with E-state index >= 15 is 0 Å². The Morgan fingerprint density at radius 3 is 2.83 bits per heavy atom. The normalized spacial score (nSPS) is 11.2. The summed E-state index contributed by atoms with van der Waals surface area (Å²) in [6.07, 6.45) is 0. The van der Waals surface area contributed by atoms with Gasteiger partial charge in [0, 0.05) is 24.2 Å². The van der Waals surface area contributed by atoms with Crippen molar-refractivity contribution in [1.82, 2.24) is 20.1 Å². The molecule has 1 aromatic carbocycles. The smallest absolute Gasteiger partial charge is 0.230 e. The fourth-order valence-electron chi connectivity index (χ4n) is 2.89. The molecule has 0 aliphatic heterocycles. The van der Waals surface area contributed by atoms with Crippen molar-refractivity contribution in [3.05, 3.63) is 45.3 Å². The number of halogens is 1. The zero-order valence-corrected chi connectivity index (χ0v) is 19.1. The maximum Gasteiger partial charge on any atom is 0.230 e. The van der Waals surface area contributed by atoms with E-state index in [2.05, 4.69) is 15.5 Å². The third-order valence-electron chi connectivity index (χ3n) is 4.65. The van der Waals surface area contributed by atoms with Gasteiger partial charge in [-0.05, 0) is 41.5 Å². The van der Waals surface area contributed by atoms with E-state index in [0.717, 1.165) is 21.8 Å². The van der Waals surface area contributed by atoms with Gasteiger partial charge in [0.05, 0.1) is 10.6 Å². The lowest BCUT2D eigenvalue weighted by Gasteiger charge is -2.17. The number of amides is 1. The van der Waals surface area contributed by atoms with Crippen molar-refractivity contribution < 1.29 is 9.90 Å². The molecule has 6 nitrogen and oxygen atoms in total. The molecule has 2 aromatic heterocycles. The number of phenolic OH excluding ortho intramolecular Hbond substituents is 1. The lowest BCUT2D eigenvalue weighted by Crippen LogP contribution is -2.25. The number of hydrogen-bond acceptors (Lipinski definition) is 6. The average Bonchev–Trinajstić information content (AvgIpc) is 3.32. The molecule has 0 bridgehead atoms. The molecule has 2 N–H and O–H groups in total. The van der Waals surface area contributed by atoms with E-state index in [1.807, 2.05) is 49.9 Å². The molecule has 0 aliphatic rings. The third kappa shape index (κ3) is 4.76. The predicted molar refractivity (Wildman–Crippen MR) is 119 cm³/mol. The van der Waals surface area contributed by atoms with Crippen LogP contribution >= 0.6 is 34.7 Å². The first-order valence-corrected chi connectivity index (χ1v) is 11.4. The molecule has 2 heterocycles. The predicted octanol–water partition coefficient (Wildman–Crippen LogP) is 4.74. The zero-order chi connectivity index (χ0) is 21.1. The number of phenols is 1. The van der Waals surface area contributed by atoms with Crippen LogP contribution in [0.3, 0.4) is 0 Å². The van der Waals surface area contributed by atoms with Crippen LogP contribution in [0.25, 0.3) is 10.7 Å². The minimum Gasteiger partial charge on any atom is -0.507 e. The summed E-state index contributed by atoms with van der Waals surface area (Å²) in [5, 5.41) is 25.1. The Kier molecular flexibility index (Phi) is 6.87. The number of carbonyl (C=O) groups excluding carboxylic acids is 1. The van der Waals surface area contributed by atoms with Gasteiger partial charge in [0.15, 0.2) is 11.0 Å². The molecular weight excluding hydrogens is 428 g/mol. The molecule has 0 atom stereocenters. The summed E-state index contributed by atoms with van der Waals surface area (Å²) in [5.41, 5.74) is 2.20. The van der Waals surface area contributed by atoms with Crippen LogP contribution in [-0.4, -0.2) is 31.5 Å². The molecule has 9 heteroatoms. The van der Waals surface area contributed by atoms with Gasteiger partial charge in [0.2, 0.25) is 5.91 Å². The number of nitrogens with one attached hydrogen (secondary N) is 1. The highest BCUT2D eigenvalue weighted by Crippen LogP contribution is 2.35. The minimum absolute atomic E-state index is 0.131. The number of hydrogen-bond donors (Lipinski definition) is 2. The van der Waals surface area contributed by atoms with E-state index in [0.29, 0.717) is 15.7 Å². The number of aromatic hydroxyl groups is 1.